The monoisotopic (exact) mass is 425 g/mol. The zero-order valence-corrected chi connectivity index (χ0v) is 18.0. The van der Waals surface area contributed by atoms with Crippen molar-refractivity contribution in [1.82, 2.24) is 9.97 Å². The van der Waals surface area contributed by atoms with Crippen LogP contribution in [0.25, 0.3) is 20.9 Å². The van der Waals surface area contributed by atoms with E-state index in [-0.39, 0.29) is 5.91 Å². The molecule has 0 spiro atoms. The van der Waals surface area contributed by atoms with Gasteiger partial charge in [0.15, 0.2) is 5.13 Å². The number of aromatic nitrogens is 2. The number of hydrogen-bond acceptors (Lipinski definition) is 6. The highest BCUT2D eigenvalue weighted by atomic mass is 32.2. The zero-order chi connectivity index (χ0) is 19.5. The van der Waals surface area contributed by atoms with Crippen LogP contribution in [0.1, 0.15) is 19.4 Å². The molecule has 2 heterocycles. The first-order valence-corrected chi connectivity index (χ1v) is 11.5. The molecule has 1 amide bonds. The van der Waals surface area contributed by atoms with Crippen LogP contribution in [0.15, 0.2) is 58.8 Å². The Morgan fingerprint density at radius 1 is 1.11 bits per heavy atom. The lowest BCUT2D eigenvalue weighted by molar-refractivity contribution is -0.115. The van der Waals surface area contributed by atoms with Gasteiger partial charge < -0.3 is 5.32 Å². The lowest BCUT2D eigenvalue weighted by Crippen LogP contribution is -2.14. The predicted molar refractivity (Wildman–Crippen MR) is 120 cm³/mol. The van der Waals surface area contributed by atoms with Crippen LogP contribution < -0.4 is 5.32 Å². The summed E-state index contributed by atoms with van der Waals surface area (Å²) in [6.45, 7) is 4.34. The summed E-state index contributed by atoms with van der Waals surface area (Å²) in [7, 11) is 0. The summed E-state index contributed by atoms with van der Waals surface area (Å²) in [5.41, 5.74) is 2.77. The first-order valence-electron chi connectivity index (χ1n) is 8.94. The molecular weight excluding hydrogens is 406 g/mol. The minimum Gasteiger partial charge on any atom is -0.302 e. The lowest BCUT2D eigenvalue weighted by atomic mass is 10.1. The van der Waals surface area contributed by atoms with Gasteiger partial charge in [-0.15, -0.1) is 34.4 Å². The van der Waals surface area contributed by atoms with Crippen molar-refractivity contribution in [3.8, 4) is 10.7 Å². The molecule has 142 valence electrons. The minimum absolute atomic E-state index is 0.0607. The number of amides is 1. The van der Waals surface area contributed by atoms with Crippen LogP contribution >= 0.6 is 34.4 Å². The molecule has 28 heavy (non-hydrogen) atoms. The number of anilines is 1. The van der Waals surface area contributed by atoms with E-state index < -0.39 is 0 Å². The Hall–Kier alpha value is -2.22. The van der Waals surface area contributed by atoms with Gasteiger partial charge in [0.1, 0.15) is 10.7 Å². The van der Waals surface area contributed by atoms with Crippen LogP contribution in [0.5, 0.6) is 0 Å². The maximum Gasteiger partial charge on any atom is 0.230 e. The van der Waals surface area contributed by atoms with E-state index >= 15 is 0 Å². The van der Waals surface area contributed by atoms with Gasteiger partial charge in [-0.25, -0.2) is 9.97 Å². The van der Waals surface area contributed by atoms with Crippen molar-refractivity contribution < 1.29 is 4.79 Å². The van der Waals surface area contributed by atoms with Gasteiger partial charge >= 0.3 is 0 Å². The summed E-state index contributed by atoms with van der Waals surface area (Å²) in [4.78, 5) is 22.7. The molecule has 0 saturated carbocycles. The average molecular weight is 426 g/mol. The van der Waals surface area contributed by atoms with Crippen LogP contribution in [-0.2, 0) is 11.2 Å². The highest BCUT2D eigenvalue weighted by Crippen LogP contribution is 2.32. The Bertz CT molecular complexity index is 1070. The average Bonchev–Trinajstić information content (AvgIpc) is 3.29. The number of carbonyl (C=O) groups is 1. The fourth-order valence-electron chi connectivity index (χ4n) is 2.72. The summed E-state index contributed by atoms with van der Waals surface area (Å²) in [6, 6.07) is 16.2. The van der Waals surface area contributed by atoms with Gasteiger partial charge in [-0.3, -0.25) is 4.79 Å². The summed E-state index contributed by atoms with van der Waals surface area (Å²) in [5.74, 6) is -0.0607. The molecule has 0 atom stereocenters. The number of carbonyl (C=O) groups excluding carboxylic acids is 1. The van der Waals surface area contributed by atoms with Crippen LogP contribution in [0, 0.1) is 0 Å². The van der Waals surface area contributed by atoms with Gasteiger partial charge in [-0.2, -0.15) is 0 Å². The summed E-state index contributed by atoms with van der Waals surface area (Å²) >= 11 is 4.85. The SMILES string of the molecule is CC(C)Sc1ccc(CC(=O)Nc2nc(-c3nc4ccccc4s3)cs2)cc1. The molecule has 7 heteroatoms. The van der Waals surface area contributed by atoms with E-state index in [0.29, 0.717) is 16.8 Å². The van der Waals surface area contributed by atoms with Crippen molar-refractivity contribution in [3.05, 3.63) is 59.5 Å². The molecule has 1 N–H and O–H groups in total. The van der Waals surface area contributed by atoms with Crippen molar-refractivity contribution in [2.24, 2.45) is 0 Å². The number of benzene rings is 2. The number of rotatable bonds is 6. The fourth-order valence-corrected chi connectivity index (χ4v) is 5.27. The van der Waals surface area contributed by atoms with Gasteiger partial charge in [-0.05, 0) is 29.8 Å². The van der Waals surface area contributed by atoms with Crippen molar-refractivity contribution in [1.29, 1.82) is 0 Å². The molecule has 4 nitrogen and oxygen atoms in total. The van der Waals surface area contributed by atoms with E-state index in [9.17, 15) is 4.79 Å². The quantitative estimate of drug-likeness (QED) is 0.379. The molecule has 0 aliphatic rings. The Morgan fingerprint density at radius 2 is 1.89 bits per heavy atom. The lowest BCUT2D eigenvalue weighted by Gasteiger charge is -2.06. The van der Waals surface area contributed by atoms with Crippen molar-refractivity contribution in [3.63, 3.8) is 0 Å². The van der Waals surface area contributed by atoms with Gasteiger partial charge in [-0.1, -0.05) is 38.1 Å². The normalized spacial score (nSPS) is 11.2. The first kappa shape index (κ1) is 19.1. The van der Waals surface area contributed by atoms with Crippen molar-refractivity contribution >= 4 is 55.7 Å². The number of fused-ring (bicyclic) bond motifs is 1. The number of hydrogen-bond donors (Lipinski definition) is 1. The number of nitrogens with one attached hydrogen (secondary N) is 1. The molecule has 0 aliphatic carbocycles. The van der Waals surface area contributed by atoms with E-state index in [1.807, 2.05) is 47.5 Å². The van der Waals surface area contributed by atoms with E-state index in [0.717, 1.165) is 26.5 Å². The number of thioether (sulfide) groups is 1. The topological polar surface area (TPSA) is 54.9 Å². The highest BCUT2D eigenvalue weighted by molar-refractivity contribution is 7.99. The first-order chi connectivity index (χ1) is 13.6. The summed E-state index contributed by atoms with van der Waals surface area (Å²) in [5, 5.41) is 6.86. The maximum atomic E-state index is 12.4. The van der Waals surface area contributed by atoms with E-state index in [4.69, 9.17) is 0 Å². The molecule has 0 fully saturated rings. The minimum atomic E-state index is -0.0607. The standard InChI is InChI=1S/C21H19N3OS3/c1-13(2)27-15-9-7-14(8-10-15)11-19(25)24-21-23-17(12-26-21)20-22-16-5-3-4-6-18(16)28-20/h3-10,12-13H,11H2,1-2H3,(H,23,24,25). The number of nitrogens with zero attached hydrogens (tertiary/aromatic N) is 2. The van der Waals surface area contributed by atoms with E-state index in [1.54, 1.807) is 11.3 Å². The summed E-state index contributed by atoms with van der Waals surface area (Å²) in [6.07, 6.45) is 0.336. The fraction of sp³-hybridized carbons (Fsp3) is 0.190. The van der Waals surface area contributed by atoms with Crippen molar-refractivity contribution in [2.45, 2.75) is 30.4 Å². The second kappa shape index (κ2) is 8.43. The van der Waals surface area contributed by atoms with Gasteiger partial charge in [0, 0.05) is 15.5 Å². The molecule has 0 radical (unpaired) electrons. The Labute approximate surface area is 176 Å². The third kappa shape index (κ3) is 4.60. The second-order valence-electron chi connectivity index (χ2n) is 6.56. The molecule has 0 saturated heterocycles. The van der Waals surface area contributed by atoms with Gasteiger partial charge in [0.2, 0.25) is 5.91 Å². The predicted octanol–water partition coefficient (Wildman–Crippen LogP) is 6.10. The molecular formula is C21H19N3OS3. The molecule has 0 bridgehead atoms. The molecule has 4 rings (SSSR count). The third-order valence-electron chi connectivity index (χ3n) is 3.92. The zero-order valence-electron chi connectivity index (χ0n) is 15.5. The number of para-hydroxylation sites is 1. The Kier molecular flexibility index (Phi) is 5.75. The van der Waals surface area contributed by atoms with Gasteiger partial charge in [0.25, 0.3) is 0 Å². The maximum absolute atomic E-state index is 12.4. The highest BCUT2D eigenvalue weighted by Gasteiger charge is 2.12. The van der Waals surface area contributed by atoms with Crippen molar-refractivity contribution in [2.75, 3.05) is 5.32 Å². The Balaban J connectivity index is 1.40. The summed E-state index contributed by atoms with van der Waals surface area (Å²) < 4.78 is 1.13. The molecule has 0 aliphatic heterocycles. The largest absolute Gasteiger partial charge is 0.302 e. The molecule has 0 unspecified atom stereocenters. The number of thiazole rings is 2. The molecule has 2 aromatic heterocycles. The smallest absolute Gasteiger partial charge is 0.230 e. The van der Waals surface area contributed by atoms with E-state index in [1.165, 1.54) is 16.2 Å². The van der Waals surface area contributed by atoms with Crippen LogP contribution in [0.4, 0.5) is 5.13 Å². The van der Waals surface area contributed by atoms with E-state index in [2.05, 4.69) is 47.3 Å². The third-order valence-corrected chi connectivity index (χ3v) is 6.76. The Morgan fingerprint density at radius 3 is 2.64 bits per heavy atom. The van der Waals surface area contributed by atoms with Crippen LogP contribution in [0.3, 0.4) is 0 Å². The van der Waals surface area contributed by atoms with Crippen LogP contribution in [0.2, 0.25) is 0 Å². The van der Waals surface area contributed by atoms with Gasteiger partial charge in [0.05, 0.1) is 16.6 Å². The second-order valence-corrected chi connectivity index (χ2v) is 10.1. The van der Waals surface area contributed by atoms with Crippen LogP contribution in [-0.4, -0.2) is 21.1 Å². The molecule has 2 aromatic carbocycles. The molecule has 4 aromatic rings.